The molecule has 3 nitrogen and oxygen atoms in total. The number of hydrogen-bond donors (Lipinski definition) is 1. The Morgan fingerprint density at radius 3 is 2.11 bits per heavy atom. The Morgan fingerprint density at radius 1 is 1.05 bits per heavy atom. The topological polar surface area (TPSA) is 24.5 Å². The largest absolute Gasteiger partial charge is 0.380 e. The van der Waals surface area contributed by atoms with Crippen molar-refractivity contribution >= 4 is 0 Å². The molecule has 0 aliphatic carbocycles. The Morgan fingerprint density at radius 2 is 1.68 bits per heavy atom. The van der Waals surface area contributed by atoms with Crippen molar-refractivity contribution in [1.82, 2.24) is 10.2 Å². The van der Waals surface area contributed by atoms with Crippen LogP contribution < -0.4 is 5.32 Å². The fourth-order valence-corrected chi connectivity index (χ4v) is 2.00. The van der Waals surface area contributed by atoms with Crippen LogP contribution in [-0.2, 0) is 4.74 Å². The zero-order valence-electron chi connectivity index (χ0n) is 14.3. The molecule has 0 amide bonds. The highest BCUT2D eigenvalue weighted by Crippen LogP contribution is 2.22. The maximum Gasteiger partial charge on any atom is 0.0593 e. The van der Waals surface area contributed by atoms with Gasteiger partial charge in [-0.15, -0.1) is 0 Å². The van der Waals surface area contributed by atoms with Gasteiger partial charge in [-0.25, -0.2) is 0 Å². The maximum absolute atomic E-state index is 5.47. The molecule has 0 aromatic carbocycles. The average molecular weight is 272 g/mol. The predicted molar refractivity (Wildman–Crippen MR) is 84.8 cm³/mol. The van der Waals surface area contributed by atoms with E-state index < -0.39 is 0 Å². The molecule has 0 fully saturated rings. The normalized spacial score (nSPS) is 15.8. The number of hydrogen-bond acceptors (Lipinski definition) is 3. The molecule has 0 aliphatic rings. The van der Waals surface area contributed by atoms with E-state index >= 15 is 0 Å². The first-order chi connectivity index (χ1) is 8.76. The Hall–Kier alpha value is -0.120. The lowest BCUT2D eigenvalue weighted by molar-refractivity contribution is 0.0894. The Balaban J connectivity index is 4.31. The Bertz CT molecular complexity index is 225. The van der Waals surface area contributed by atoms with Crippen molar-refractivity contribution in [3.05, 3.63) is 0 Å². The molecule has 0 heterocycles. The van der Waals surface area contributed by atoms with Crippen LogP contribution in [0.1, 0.15) is 54.9 Å². The van der Waals surface area contributed by atoms with Crippen LogP contribution in [0.2, 0.25) is 0 Å². The molecule has 116 valence electrons. The lowest BCUT2D eigenvalue weighted by atomic mass is 9.86. The summed E-state index contributed by atoms with van der Waals surface area (Å²) in [5, 5.41) is 3.65. The standard InChI is InChI=1S/C16H36N2O/c1-8-16(7,13-17-15(4,5)6)14-18(9-2)11-12-19-10-3/h17H,8-14H2,1-7H3. The summed E-state index contributed by atoms with van der Waals surface area (Å²) in [5.74, 6) is 0. The minimum absolute atomic E-state index is 0.193. The monoisotopic (exact) mass is 272 g/mol. The molecule has 1 unspecified atom stereocenters. The van der Waals surface area contributed by atoms with Crippen LogP contribution >= 0.6 is 0 Å². The SMILES string of the molecule is CCOCCN(CC)CC(C)(CC)CNC(C)(C)C. The van der Waals surface area contributed by atoms with Crippen LogP contribution in [0.25, 0.3) is 0 Å². The summed E-state index contributed by atoms with van der Waals surface area (Å²) < 4.78 is 5.47. The van der Waals surface area contributed by atoms with Gasteiger partial charge in [0.2, 0.25) is 0 Å². The van der Waals surface area contributed by atoms with Gasteiger partial charge in [0.15, 0.2) is 0 Å². The smallest absolute Gasteiger partial charge is 0.0593 e. The minimum atomic E-state index is 0.193. The fraction of sp³-hybridized carbons (Fsp3) is 1.00. The lowest BCUT2D eigenvalue weighted by Gasteiger charge is -2.37. The highest BCUT2D eigenvalue weighted by molar-refractivity contribution is 4.83. The van der Waals surface area contributed by atoms with Gasteiger partial charge in [-0.3, -0.25) is 0 Å². The van der Waals surface area contributed by atoms with Gasteiger partial charge >= 0.3 is 0 Å². The van der Waals surface area contributed by atoms with E-state index in [-0.39, 0.29) is 5.54 Å². The number of nitrogens with one attached hydrogen (secondary N) is 1. The van der Waals surface area contributed by atoms with E-state index in [2.05, 4.69) is 58.7 Å². The lowest BCUT2D eigenvalue weighted by Crippen LogP contribution is -2.47. The first kappa shape index (κ1) is 18.9. The van der Waals surface area contributed by atoms with Crippen LogP contribution in [0.4, 0.5) is 0 Å². The third-order valence-electron chi connectivity index (χ3n) is 3.71. The molecule has 3 heteroatoms. The van der Waals surface area contributed by atoms with E-state index in [4.69, 9.17) is 4.74 Å². The maximum atomic E-state index is 5.47. The molecular formula is C16H36N2O. The van der Waals surface area contributed by atoms with Crippen LogP contribution in [-0.4, -0.2) is 49.8 Å². The van der Waals surface area contributed by atoms with E-state index in [1.165, 1.54) is 6.42 Å². The first-order valence-electron chi connectivity index (χ1n) is 7.81. The molecule has 0 saturated heterocycles. The van der Waals surface area contributed by atoms with Crippen molar-refractivity contribution in [1.29, 1.82) is 0 Å². The van der Waals surface area contributed by atoms with E-state index in [1.807, 2.05) is 0 Å². The van der Waals surface area contributed by atoms with Gasteiger partial charge in [-0.05, 0) is 46.1 Å². The molecule has 19 heavy (non-hydrogen) atoms. The van der Waals surface area contributed by atoms with Crippen LogP contribution in [0.5, 0.6) is 0 Å². The van der Waals surface area contributed by atoms with Gasteiger partial charge < -0.3 is 15.0 Å². The number of likely N-dealkylation sites (N-methyl/N-ethyl adjacent to an activating group) is 1. The van der Waals surface area contributed by atoms with E-state index in [0.717, 1.165) is 39.4 Å². The summed E-state index contributed by atoms with van der Waals surface area (Å²) in [7, 11) is 0. The Labute approximate surface area is 121 Å². The van der Waals surface area contributed by atoms with Crippen molar-refractivity contribution < 1.29 is 4.74 Å². The summed E-state index contributed by atoms with van der Waals surface area (Å²) >= 11 is 0. The average Bonchev–Trinajstić information content (AvgIpc) is 2.35. The van der Waals surface area contributed by atoms with Crippen LogP contribution in [0, 0.1) is 5.41 Å². The molecule has 0 rings (SSSR count). The van der Waals surface area contributed by atoms with Crippen molar-refractivity contribution in [2.24, 2.45) is 5.41 Å². The number of nitrogens with zero attached hydrogens (tertiary/aromatic N) is 1. The van der Waals surface area contributed by atoms with Gasteiger partial charge in [0, 0.05) is 31.8 Å². The highest BCUT2D eigenvalue weighted by atomic mass is 16.5. The summed E-state index contributed by atoms with van der Waals surface area (Å²) in [6, 6.07) is 0. The summed E-state index contributed by atoms with van der Waals surface area (Å²) in [5.41, 5.74) is 0.522. The second kappa shape index (κ2) is 8.93. The molecule has 1 N–H and O–H groups in total. The van der Waals surface area contributed by atoms with Crippen LogP contribution in [0.15, 0.2) is 0 Å². The van der Waals surface area contributed by atoms with Crippen molar-refractivity contribution in [3.63, 3.8) is 0 Å². The summed E-state index contributed by atoms with van der Waals surface area (Å²) in [6.45, 7) is 21.7. The molecule has 0 aliphatic heterocycles. The summed E-state index contributed by atoms with van der Waals surface area (Å²) in [6.07, 6.45) is 1.20. The number of rotatable bonds is 10. The van der Waals surface area contributed by atoms with E-state index in [0.29, 0.717) is 5.41 Å². The zero-order valence-corrected chi connectivity index (χ0v) is 14.3. The van der Waals surface area contributed by atoms with E-state index in [9.17, 15) is 0 Å². The van der Waals surface area contributed by atoms with Gasteiger partial charge in [-0.2, -0.15) is 0 Å². The van der Waals surface area contributed by atoms with Crippen molar-refractivity contribution in [2.75, 3.05) is 39.4 Å². The van der Waals surface area contributed by atoms with Gasteiger partial charge in [0.25, 0.3) is 0 Å². The molecule has 0 aromatic heterocycles. The van der Waals surface area contributed by atoms with Gasteiger partial charge in [0.05, 0.1) is 6.61 Å². The third kappa shape index (κ3) is 9.42. The van der Waals surface area contributed by atoms with Crippen molar-refractivity contribution in [3.8, 4) is 0 Å². The highest BCUT2D eigenvalue weighted by Gasteiger charge is 2.26. The second-order valence-corrected chi connectivity index (χ2v) is 6.83. The molecule has 0 radical (unpaired) electrons. The first-order valence-corrected chi connectivity index (χ1v) is 7.81. The molecular weight excluding hydrogens is 236 g/mol. The molecule has 0 aromatic rings. The number of ether oxygens (including phenoxy) is 1. The summed E-state index contributed by atoms with van der Waals surface area (Å²) in [4.78, 5) is 2.50. The zero-order chi connectivity index (χ0) is 14.9. The quantitative estimate of drug-likeness (QED) is 0.618. The fourth-order valence-electron chi connectivity index (χ4n) is 2.00. The predicted octanol–water partition coefficient (Wildman–Crippen LogP) is 3.15. The van der Waals surface area contributed by atoms with Gasteiger partial charge in [-0.1, -0.05) is 20.8 Å². The molecule has 0 spiro atoms. The van der Waals surface area contributed by atoms with E-state index in [1.54, 1.807) is 0 Å². The molecule has 0 saturated carbocycles. The van der Waals surface area contributed by atoms with Gasteiger partial charge in [0.1, 0.15) is 0 Å². The minimum Gasteiger partial charge on any atom is -0.380 e. The van der Waals surface area contributed by atoms with Crippen molar-refractivity contribution in [2.45, 2.75) is 60.4 Å². The third-order valence-corrected chi connectivity index (χ3v) is 3.71. The van der Waals surface area contributed by atoms with Crippen LogP contribution in [0.3, 0.4) is 0 Å². The molecule has 1 atom stereocenters. The second-order valence-electron chi connectivity index (χ2n) is 6.83. The Kier molecular flexibility index (Phi) is 8.88. The molecule has 0 bridgehead atoms.